The molecule has 0 radical (unpaired) electrons. The van der Waals surface area contributed by atoms with Gasteiger partial charge in [-0.25, -0.2) is 4.98 Å². The monoisotopic (exact) mass is 415 g/mol. The molecule has 2 aromatic carbocycles. The highest BCUT2D eigenvalue weighted by Crippen LogP contribution is 2.32. The van der Waals surface area contributed by atoms with E-state index in [-0.39, 0.29) is 12.3 Å². The molecule has 28 heavy (non-hydrogen) atoms. The van der Waals surface area contributed by atoms with Gasteiger partial charge in [0.15, 0.2) is 5.13 Å². The fourth-order valence-corrected chi connectivity index (χ4v) is 3.86. The second kappa shape index (κ2) is 9.48. The molecule has 0 spiro atoms. The van der Waals surface area contributed by atoms with Crippen molar-refractivity contribution in [2.75, 3.05) is 31.1 Å². The number of carbonyl (C=O) groups excluding carboxylic acids is 1. The van der Waals surface area contributed by atoms with Crippen molar-refractivity contribution in [2.24, 2.45) is 0 Å². The van der Waals surface area contributed by atoms with E-state index in [0.29, 0.717) is 22.3 Å². The predicted octanol–water partition coefficient (Wildman–Crippen LogP) is 4.81. The van der Waals surface area contributed by atoms with Crippen molar-refractivity contribution in [3.63, 3.8) is 0 Å². The van der Waals surface area contributed by atoms with Crippen LogP contribution >= 0.6 is 23.1 Å². The van der Waals surface area contributed by atoms with Crippen molar-refractivity contribution in [1.29, 1.82) is 0 Å². The van der Waals surface area contributed by atoms with Crippen molar-refractivity contribution in [1.82, 2.24) is 4.98 Å². The standard InChI is InChI=1S/C20H21N3O3S2/c1-25-14-8-9-17(26-2)16(11-14)23-20-21-13(12-28-20)10-19(24)22-15-6-4-5-7-18(15)27-3/h4-9,11-12H,10H2,1-3H3,(H,21,23)(H,22,24). The molecule has 0 aliphatic rings. The normalized spacial score (nSPS) is 10.4. The summed E-state index contributed by atoms with van der Waals surface area (Å²) in [6, 6.07) is 13.2. The number of thiazole rings is 1. The highest BCUT2D eigenvalue weighted by Gasteiger charge is 2.12. The largest absolute Gasteiger partial charge is 0.497 e. The summed E-state index contributed by atoms with van der Waals surface area (Å²) in [4.78, 5) is 17.9. The van der Waals surface area contributed by atoms with Crippen LogP contribution in [0.25, 0.3) is 0 Å². The van der Waals surface area contributed by atoms with E-state index < -0.39 is 0 Å². The van der Waals surface area contributed by atoms with Crippen LogP contribution in [0.2, 0.25) is 0 Å². The predicted molar refractivity (Wildman–Crippen MR) is 115 cm³/mol. The summed E-state index contributed by atoms with van der Waals surface area (Å²) in [5.41, 5.74) is 2.27. The molecular formula is C20H21N3O3S2. The number of para-hydroxylation sites is 1. The summed E-state index contributed by atoms with van der Waals surface area (Å²) in [5.74, 6) is 1.30. The van der Waals surface area contributed by atoms with Crippen molar-refractivity contribution in [2.45, 2.75) is 11.3 Å². The minimum Gasteiger partial charge on any atom is -0.497 e. The van der Waals surface area contributed by atoms with Gasteiger partial charge in [0.2, 0.25) is 5.91 Å². The molecule has 1 heterocycles. The Morgan fingerprint density at radius 3 is 2.71 bits per heavy atom. The van der Waals surface area contributed by atoms with Gasteiger partial charge in [-0.3, -0.25) is 4.79 Å². The number of nitrogens with one attached hydrogen (secondary N) is 2. The third-order valence-corrected chi connectivity index (χ3v) is 5.53. The van der Waals surface area contributed by atoms with E-state index >= 15 is 0 Å². The molecule has 3 aromatic rings. The Morgan fingerprint density at radius 1 is 1.14 bits per heavy atom. The average Bonchev–Trinajstić information content (AvgIpc) is 3.14. The Labute approximate surface area is 172 Å². The molecule has 1 aromatic heterocycles. The number of nitrogens with zero attached hydrogens (tertiary/aromatic N) is 1. The van der Waals surface area contributed by atoms with E-state index in [4.69, 9.17) is 9.47 Å². The molecule has 8 heteroatoms. The molecular weight excluding hydrogens is 394 g/mol. The zero-order chi connectivity index (χ0) is 19.9. The molecule has 146 valence electrons. The number of ether oxygens (including phenoxy) is 2. The summed E-state index contributed by atoms with van der Waals surface area (Å²) in [6.45, 7) is 0. The van der Waals surface area contributed by atoms with Crippen LogP contribution in [0.5, 0.6) is 11.5 Å². The van der Waals surface area contributed by atoms with Gasteiger partial charge in [0.05, 0.1) is 37.7 Å². The van der Waals surface area contributed by atoms with Crippen LogP contribution in [0.4, 0.5) is 16.5 Å². The molecule has 6 nitrogen and oxygen atoms in total. The summed E-state index contributed by atoms with van der Waals surface area (Å²) in [5, 5.41) is 8.73. The van der Waals surface area contributed by atoms with Gasteiger partial charge in [0.25, 0.3) is 0 Å². The van der Waals surface area contributed by atoms with E-state index in [1.165, 1.54) is 11.3 Å². The maximum absolute atomic E-state index is 12.4. The van der Waals surface area contributed by atoms with Crippen molar-refractivity contribution < 1.29 is 14.3 Å². The first-order valence-electron chi connectivity index (χ1n) is 8.49. The van der Waals surface area contributed by atoms with Crippen LogP contribution in [0.15, 0.2) is 52.7 Å². The number of hydrogen-bond donors (Lipinski definition) is 2. The molecule has 0 saturated carbocycles. The van der Waals surface area contributed by atoms with E-state index in [0.717, 1.165) is 16.3 Å². The van der Waals surface area contributed by atoms with Gasteiger partial charge in [-0.1, -0.05) is 12.1 Å². The highest BCUT2D eigenvalue weighted by molar-refractivity contribution is 7.98. The highest BCUT2D eigenvalue weighted by atomic mass is 32.2. The summed E-state index contributed by atoms with van der Waals surface area (Å²) < 4.78 is 10.6. The quantitative estimate of drug-likeness (QED) is 0.515. The van der Waals surface area contributed by atoms with Crippen molar-refractivity contribution in [3.05, 3.63) is 53.5 Å². The first-order chi connectivity index (χ1) is 13.6. The Balaban J connectivity index is 1.67. The zero-order valence-corrected chi connectivity index (χ0v) is 17.4. The van der Waals surface area contributed by atoms with Crippen LogP contribution in [0, 0.1) is 0 Å². The summed E-state index contributed by atoms with van der Waals surface area (Å²) in [6.07, 6.45) is 2.19. The Hall–Kier alpha value is -2.71. The minimum absolute atomic E-state index is 0.0997. The minimum atomic E-state index is -0.0997. The van der Waals surface area contributed by atoms with Gasteiger partial charge in [0.1, 0.15) is 11.5 Å². The number of methoxy groups -OCH3 is 2. The van der Waals surface area contributed by atoms with Crippen LogP contribution in [0.3, 0.4) is 0 Å². The third-order valence-electron chi connectivity index (χ3n) is 3.92. The Morgan fingerprint density at radius 2 is 1.96 bits per heavy atom. The zero-order valence-electron chi connectivity index (χ0n) is 15.8. The number of benzene rings is 2. The molecule has 1 amide bonds. The maximum Gasteiger partial charge on any atom is 0.230 e. The van der Waals surface area contributed by atoms with Gasteiger partial charge >= 0.3 is 0 Å². The maximum atomic E-state index is 12.4. The molecule has 0 unspecified atom stereocenters. The van der Waals surface area contributed by atoms with Gasteiger partial charge in [-0.05, 0) is 30.5 Å². The Bertz CT molecular complexity index is 959. The molecule has 0 aliphatic carbocycles. The smallest absolute Gasteiger partial charge is 0.230 e. The fourth-order valence-electron chi connectivity index (χ4n) is 2.58. The van der Waals surface area contributed by atoms with E-state index in [9.17, 15) is 4.79 Å². The number of anilines is 3. The van der Waals surface area contributed by atoms with E-state index in [1.807, 2.05) is 54.1 Å². The average molecular weight is 416 g/mol. The topological polar surface area (TPSA) is 72.5 Å². The lowest BCUT2D eigenvalue weighted by molar-refractivity contribution is -0.115. The van der Waals surface area contributed by atoms with Crippen LogP contribution < -0.4 is 20.1 Å². The van der Waals surface area contributed by atoms with E-state index in [1.54, 1.807) is 26.0 Å². The Kier molecular flexibility index (Phi) is 6.78. The fraction of sp³-hybridized carbons (Fsp3) is 0.200. The number of thioether (sulfide) groups is 1. The lowest BCUT2D eigenvalue weighted by atomic mass is 10.2. The van der Waals surface area contributed by atoms with Crippen LogP contribution in [-0.4, -0.2) is 31.4 Å². The number of hydrogen-bond acceptors (Lipinski definition) is 7. The lowest BCUT2D eigenvalue weighted by Gasteiger charge is -2.10. The molecule has 0 fully saturated rings. The molecule has 0 saturated heterocycles. The SMILES string of the molecule is COc1ccc(OC)c(Nc2nc(CC(=O)Nc3ccccc3SC)cs2)c1. The van der Waals surface area contributed by atoms with Crippen LogP contribution in [0.1, 0.15) is 5.69 Å². The van der Waals surface area contributed by atoms with Crippen LogP contribution in [-0.2, 0) is 11.2 Å². The van der Waals surface area contributed by atoms with Gasteiger partial charge < -0.3 is 20.1 Å². The molecule has 0 aliphatic heterocycles. The first-order valence-corrected chi connectivity index (χ1v) is 10.6. The first kappa shape index (κ1) is 20.0. The number of amides is 1. The molecule has 0 bridgehead atoms. The lowest BCUT2D eigenvalue weighted by Crippen LogP contribution is -2.15. The van der Waals surface area contributed by atoms with Gasteiger partial charge in [0, 0.05) is 16.3 Å². The number of carbonyl (C=O) groups is 1. The number of rotatable bonds is 8. The summed E-state index contributed by atoms with van der Waals surface area (Å²) >= 11 is 3.03. The molecule has 0 atom stereocenters. The third kappa shape index (κ3) is 4.96. The van der Waals surface area contributed by atoms with Gasteiger partial charge in [-0.2, -0.15) is 0 Å². The van der Waals surface area contributed by atoms with E-state index in [2.05, 4.69) is 15.6 Å². The second-order valence-electron chi connectivity index (χ2n) is 5.76. The molecule has 2 N–H and O–H groups in total. The molecule has 3 rings (SSSR count). The van der Waals surface area contributed by atoms with Gasteiger partial charge in [-0.15, -0.1) is 23.1 Å². The second-order valence-corrected chi connectivity index (χ2v) is 7.47. The van der Waals surface area contributed by atoms with Crippen molar-refractivity contribution >= 4 is 45.5 Å². The number of aromatic nitrogens is 1. The van der Waals surface area contributed by atoms with Crippen molar-refractivity contribution in [3.8, 4) is 11.5 Å². The summed E-state index contributed by atoms with van der Waals surface area (Å²) in [7, 11) is 3.22.